The maximum Gasteiger partial charge on any atom is 0.258 e. The van der Waals surface area contributed by atoms with Gasteiger partial charge in [-0.15, -0.1) is 0 Å². The molecule has 3 aromatic carbocycles. The van der Waals surface area contributed by atoms with E-state index in [1.165, 1.54) is 11.8 Å². The van der Waals surface area contributed by atoms with E-state index in [1.807, 2.05) is 54.6 Å². The maximum atomic E-state index is 12.8. The lowest BCUT2D eigenvalue weighted by atomic mass is 10.2. The maximum absolute atomic E-state index is 12.8. The first-order chi connectivity index (χ1) is 15.6. The van der Waals surface area contributed by atoms with Crippen molar-refractivity contribution in [2.75, 3.05) is 6.61 Å². The highest BCUT2D eigenvalue weighted by molar-refractivity contribution is 5.80. The van der Waals surface area contributed by atoms with Gasteiger partial charge < -0.3 is 19.2 Å². The molecule has 6 nitrogen and oxygen atoms in total. The highest BCUT2D eigenvalue weighted by Crippen LogP contribution is 2.24. The number of amides is 1. The average Bonchev–Trinajstić information content (AvgIpc) is 2.84. The quantitative estimate of drug-likeness (QED) is 0.434. The summed E-state index contributed by atoms with van der Waals surface area (Å²) in [5.74, 6) is 0.860. The van der Waals surface area contributed by atoms with E-state index in [4.69, 9.17) is 13.9 Å². The Hall–Kier alpha value is -4.06. The molecule has 0 bridgehead atoms. The first-order valence-electron chi connectivity index (χ1n) is 10.4. The first kappa shape index (κ1) is 21.2. The van der Waals surface area contributed by atoms with Crippen molar-refractivity contribution in [1.29, 1.82) is 0 Å². The van der Waals surface area contributed by atoms with Crippen LogP contribution < -0.4 is 20.2 Å². The third-order valence-corrected chi connectivity index (χ3v) is 4.98. The monoisotopic (exact) mass is 429 g/mol. The second-order valence-electron chi connectivity index (χ2n) is 7.24. The molecule has 0 aliphatic rings. The molecule has 4 aromatic rings. The van der Waals surface area contributed by atoms with E-state index in [0.717, 1.165) is 12.0 Å². The van der Waals surface area contributed by atoms with Crippen molar-refractivity contribution in [2.24, 2.45) is 0 Å². The fraction of sp³-hybridized carbons (Fsp3) is 0.154. The van der Waals surface area contributed by atoms with Crippen LogP contribution >= 0.6 is 0 Å². The summed E-state index contributed by atoms with van der Waals surface area (Å²) in [6.07, 6.45) is 2.21. The van der Waals surface area contributed by atoms with Gasteiger partial charge in [-0.3, -0.25) is 9.59 Å². The molecule has 32 heavy (non-hydrogen) atoms. The molecule has 1 amide bonds. The minimum absolute atomic E-state index is 0.107. The molecule has 0 atom stereocenters. The summed E-state index contributed by atoms with van der Waals surface area (Å²) in [4.78, 5) is 24.8. The van der Waals surface area contributed by atoms with E-state index in [0.29, 0.717) is 29.0 Å². The van der Waals surface area contributed by atoms with E-state index >= 15 is 0 Å². The predicted molar refractivity (Wildman–Crippen MR) is 122 cm³/mol. The number of carbonyl (C=O) groups excluding carboxylic acids is 1. The van der Waals surface area contributed by atoms with Crippen LogP contribution in [0.4, 0.5) is 0 Å². The van der Waals surface area contributed by atoms with Crippen LogP contribution in [0.3, 0.4) is 0 Å². The molecular weight excluding hydrogens is 406 g/mol. The van der Waals surface area contributed by atoms with Crippen LogP contribution in [0.15, 0.2) is 88.3 Å². The van der Waals surface area contributed by atoms with Gasteiger partial charge in [0.15, 0.2) is 6.61 Å². The summed E-state index contributed by atoms with van der Waals surface area (Å²) < 4.78 is 16.8. The van der Waals surface area contributed by atoms with Crippen LogP contribution in [-0.4, -0.2) is 12.5 Å². The number of benzene rings is 3. The standard InChI is InChI=1S/C26H23NO5/c1-2-18-8-10-20(11-9-18)32-24-16-31-23-14-21(12-13-22(23)26(24)29)30-17-25(28)27-15-19-6-4-3-5-7-19/h3-14,16H,2,15,17H2,1H3,(H,27,28). The Morgan fingerprint density at radius 3 is 2.44 bits per heavy atom. The van der Waals surface area contributed by atoms with Gasteiger partial charge in [0.2, 0.25) is 11.2 Å². The van der Waals surface area contributed by atoms with Gasteiger partial charge in [-0.1, -0.05) is 49.4 Å². The lowest BCUT2D eigenvalue weighted by Crippen LogP contribution is -2.28. The Bertz CT molecular complexity index is 1260. The number of nitrogens with one attached hydrogen (secondary N) is 1. The second kappa shape index (κ2) is 9.83. The van der Waals surface area contributed by atoms with Crippen LogP contribution in [0.2, 0.25) is 0 Å². The smallest absolute Gasteiger partial charge is 0.258 e. The van der Waals surface area contributed by atoms with Gasteiger partial charge in [-0.25, -0.2) is 0 Å². The normalized spacial score (nSPS) is 10.7. The Morgan fingerprint density at radius 2 is 1.69 bits per heavy atom. The zero-order valence-corrected chi connectivity index (χ0v) is 17.7. The Labute approximate surface area is 185 Å². The van der Waals surface area contributed by atoms with Gasteiger partial charge in [0, 0.05) is 12.6 Å². The van der Waals surface area contributed by atoms with E-state index in [-0.39, 0.29) is 23.7 Å². The van der Waals surface area contributed by atoms with Gasteiger partial charge in [0.05, 0.1) is 5.39 Å². The van der Waals surface area contributed by atoms with E-state index in [1.54, 1.807) is 18.2 Å². The highest BCUT2D eigenvalue weighted by atomic mass is 16.5. The zero-order valence-electron chi connectivity index (χ0n) is 17.7. The predicted octanol–water partition coefficient (Wildman–Crippen LogP) is 4.84. The molecule has 1 heterocycles. The van der Waals surface area contributed by atoms with Crippen LogP contribution in [0.25, 0.3) is 11.0 Å². The number of hydrogen-bond donors (Lipinski definition) is 1. The van der Waals surface area contributed by atoms with Crippen molar-refractivity contribution in [3.05, 3.63) is 100 Å². The molecule has 0 saturated carbocycles. The Kier molecular flexibility index (Phi) is 6.51. The van der Waals surface area contributed by atoms with Gasteiger partial charge in [0.25, 0.3) is 5.91 Å². The summed E-state index contributed by atoms with van der Waals surface area (Å²) in [5, 5.41) is 3.17. The van der Waals surface area contributed by atoms with Gasteiger partial charge in [-0.05, 0) is 41.8 Å². The molecular formula is C26H23NO5. The average molecular weight is 429 g/mol. The largest absolute Gasteiger partial charge is 0.484 e. The molecule has 6 heteroatoms. The van der Waals surface area contributed by atoms with E-state index in [2.05, 4.69) is 12.2 Å². The lowest BCUT2D eigenvalue weighted by Gasteiger charge is -2.09. The summed E-state index contributed by atoms with van der Waals surface area (Å²) in [6, 6.07) is 22.0. The lowest BCUT2D eigenvalue weighted by molar-refractivity contribution is -0.123. The molecule has 1 aromatic heterocycles. The molecule has 162 valence electrons. The second-order valence-corrected chi connectivity index (χ2v) is 7.24. The molecule has 0 unspecified atom stereocenters. The molecule has 0 aliphatic carbocycles. The topological polar surface area (TPSA) is 77.8 Å². The molecule has 1 N–H and O–H groups in total. The number of ether oxygens (including phenoxy) is 2. The number of carbonyl (C=O) groups is 1. The number of hydrogen-bond acceptors (Lipinski definition) is 5. The summed E-state index contributed by atoms with van der Waals surface area (Å²) in [7, 11) is 0. The fourth-order valence-corrected chi connectivity index (χ4v) is 3.17. The zero-order chi connectivity index (χ0) is 22.3. The fourth-order valence-electron chi connectivity index (χ4n) is 3.17. The van der Waals surface area contributed by atoms with Crippen LogP contribution in [0, 0.1) is 0 Å². The van der Waals surface area contributed by atoms with Gasteiger partial charge >= 0.3 is 0 Å². The highest BCUT2D eigenvalue weighted by Gasteiger charge is 2.11. The van der Waals surface area contributed by atoms with Gasteiger partial charge in [-0.2, -0.15) is 0 Å². The van der Waals surface area contributed by atoms with Crippen LogP contribution in [0.1, 0.15) is 18.1 Å². The van der Waals surface area contributed by atoms with E-state index < -0.39 is 0 Å². The first-order valence-corrected chi connectivity index (χ1v) is 10.4. The van der Waals surface area contributed by atoms with E-state index in [9.17, 15) is 9.59 Å². The van der Waals surface area contributed by atoms with Crippen LogP contribution in [0.5, 0.6) is 17.2 Å². The minimum Gasteiger partial charge on any atom is -0.484 e. The van der Waals surface area contributed by atoms with Crippen LogP contribution in [-0.2, 0) is 17.8 Å². The molecule has 0 radical (unpaired) electrons. The molecule has 0 fully saturated rings. The SMILES string of the molecule is CCc1ccc(Oc2coc3cc(OCC(=O)NCc4ccccc4)ccc3c2=O)cc1. The summed E-state index contributed by atoms with van der Waals surface area (Å²) in [6.45, 7) is 2.36. The molecule has 0 aliphatic heterocycles. The van der Waals surface area contributed by atoms with Crippen molar-refractivity contribution in [3.63, 3.8) is 0 Å². The summed E-state index contributed by atoms with van der Waals surface area (Å²) >= 11 is 0. The number of rotatable bonds is 8. The molecule has 0 saturated heterocycles. The third-order valence-electron chi connectivity index (χ3n) is 4.98. The molecule has 4 rings (SSSR count). The van der Waals surface area contributed by atoms with Crippen molar-refractivity contribution in [2.45, 2.75) is 19.9 Å². The van der Waals surface area contributed by atoms with Gasteiger partial charge in [0.1, 0.15) is 23.3 Å². The van der Waals surface area contributed by atoms with Crippen molar-refractivity contribution in [1.82, 2.24) is 5.32 Å². The minimum atomic E-state index is -0.280. The Balaban J connectivity index is 1.40. The third kappa shape index (κ3) is 5.16. The number of fused-ring (bicyclic) bond motifs is 1. The van der Waals surface area contributed by atoms with Crippen molar-refractivity contribution >= 4 is 16.9 Å². The van der Waals surface area contributed by atoms with Crippen molar-refractivity contribution in [3.8, 4) is 17.2 Å². The number of aryl methyl sites for hydroxylation is 1. The Morgan fingerprint density at radius 1 is 0.938 bits per heavy atom. The van der Waals surface area contributed by atoms with Crippen molar-refractivity contribution < 1.29 is 18.7 Å². The molecule has 0 spiro atoms. The summed E-state index contributed by atoms with van der Waals surface area (Å²) in [5.41, 5.74) is 2.26.